The summed E-state index contributed by atoms with van der Waals surface area (Å²) in [6.07, 6.45) is 9.95. The van der Waals surface area contributed by atoms with Gasteiger partial charge in [0.25, 0.3) is 0 Å². The number of nitrogens with one attached hydrogen (secondary N) is 2. The van der Waals surface area contributed by atoms with E-state index in [1.54, 1.807) is 0 Å². The number of carbonyl (C=O) groups is 1. The minimum atomic E-state index is 0.152. The van der Waals surface area contributed by atoms with Gasteiger partial charge in [0.1, 0.15) is 0 Å². The van der Waals surface area contributed by atoms with Crippen LogP contribution in [0, 0.1) is 0 Å². The monoisotopic (exact) mass is 328 g/mol. The van der Waals surface area contributed by atoms with Crippen LogP contribution in [0.1, 0.15) is 69.4 Å². The molecule has 0 bridgehead atoms. The van der Waals surface area contributed by atoms with Gasteiger partial charge in [-0.1, -0.05) is 56.9 Å². The first-order valence-corrected chi connectivity index (χ1v) is 9.85. The van der Waals surface area contributed by atoms with Crippen LogP contribution >= 0.6 is 0 Å². The summed E-state index contributed by atoms with van der Waals surface area (Å²) in [5.41, 5.74) is 3.08. The van der Waals surface area contributed by atoms with Crippen molar-refractivity contribution < 1.29 is 4.79 Å². The summed E-state index contributed by atoms with van der Waals surface area (Å²) in [5.74, 6) is 0.252. The molecule has 1 aromatic rings. The van der Waals surface area contributed by atoms with Crippen LogP contribution in [0.25, 0.3) is 0 Å². The average molecular weight is 329 g/mol. The Morgan fingerprint density at radius 1 is 1.17 bits per heavy atom. The average Bonchev–Trinajstić information content (AvgIpc) is 2.89. The SMILES string of the molecule is CCCCCCCC(=O)NC1Cc2ccccc2C12CCNCC2. The summed E-state index contributed by atoms with van der Waals surface area (Å²) in [6.45, 7) is 4.33. The number of rotatable bonds is 7. The Hall–Kier alpha value is -1.35. The molecule has 0 aromatic heterocycles. The van der Waals surface area contributed by atoms with Crippen LogP contribution < -0.4 is 10.6 Å². The van der Waals surface area contributed by atoms with Gasteiger partial charge in [0, 0.05) is 17.9 Å². The molecule has 1 spiro atoms. The van der Waals surface area contributed by atoms with Gasteiger partial charge in [-0.15, -0.1) is 0 Å². The molecular formula is C21H32N2O. The van der Waals surface area contributed by atoms with Gasteiger partial charge in [0.05, 0.1) is 0 Å². The Morgan fingerprint density at radius 2 is 1.92 bits per heavy atom. The molecule has 1 atom stereocenters. The molecule has 3 nitrogen and oxygen atoms in total. The molecule has 0 radical (unpaired) electrons. The maximum absolute atomic E-state index is 12.5. The molecule has 3 heteroatoms. The number of hydrogen-bond acceptors (Lipinski definition) is 2. The van der Waals surface area contributed by atoms with Crippen LogP contribution in [0.15, 0.2) is 24.3 Å². The van der Waals surface area contributed by atoms with E-state index in [4.69, 9.17) is 0 Å². The van der Waals surface area contributed by atoms with Crippen LogP contribution in [0.4, 0.5) is 0 Å². The van der Waals surface area contributed by atoms with E-state index in [-0.39, 0.29) is 17.4 Å². The van der Waals surface area contributed by atoms with Crippen molar-refractivity contribution in [2.24, 2.45) is 0 Å². The minimum Gasteiger partial charge on any atom is -0.352 e. The molecule has 1 aromatic carbocycles. The predicted molar refractivity (Wildman–Crippen MR) is 99.2 cm³/mol. The Morgan fingerprint density at radius 3 is 2.71 bits per heavy atom. The number of amides is 1. The number of piperidine rings is 1. The van der Waals surface area contributed by atoms with Crippen molar-refractivity contribution in [3.63, 3.8) is 0 Å². The first-order valence-electron chi connectivity index (χ1n) is 9.85. The summed E-state index contributed by atoms with van der Waals surface area (Å²) in [7, 11) is 0. The zero-order chi connectivity index (χ0) is 16.8. The van der Waals surface area contributed by atoms with E-state index < -0.39 is 0 Å². The molecule has 1 saturated heterocycles. The van der Waals surface area contributed by atoms with Gasteiger partial charge >= 0.3 is 0 Å². The summed E-state index contributed by atoms with van der Waals surface area (Å²) in [6, 6.07) is 9.10. The molecule has 0 saturated carbocycles. The highest BCUT2D eigenvalue weighted by Crippen LogP contribution is 2.45. The van der Waals surface area contributed by atoms with Crippen LogP contribution in [0.2, 0.25) is 0 Å². The van der Waals surface area contributed by atoms with E-state index >= 15 is 0 Å². The largest absolute Gasteiger partial charge is 0.352 e. The zero-order valence-corrected chi connectivity index (χ0v) is 15.1. The van der Waals surface area contributed by atoms with Crippen LogP contribution in [0.5, 0.6) is 0 Å². The standard InChI is InChI=1S/C21H32N2O/c1-2-3-4-5-6-11-20(24)23-19-16-17-9-7-8-10-18(17)21(19)12-14-22-15-13-21/h7-10,19,22H,2-6,11-16H2,1H3,(H,23,24). The quantitative estimate of drug-likeness (QED) is 0.749. The van der Waals surface area contributed by atoms with Gasteiger partial charge in [-0.05, 0) is 49.9 Å². The topological polar surface area (TPSA) is 41.1 Å². The second-order valence-electron chi connectivity index (χ2n) is 7.55. The number of fused-ring (bicyclic) bond motifs is 2. The molecule has 2 aliphatic rings. The fourth-order valence-electron chi connectivity index (χ4n) is 4.62. The van der Waals surface area contributed by atoms with Gasteiger partial charge in [-0.2, -0.15) is 0 Å². The van der Waals surface area contributed by atoms with E-state index in [1.807, 2.05) is 0 Å². The molecular weight excluding hydrogens is 296 g/mol. The molecule has 132 valence electrons. The molecule has 1 fully saturated rings. The van der Waals surface area contributed by atoms with Gasteiger partial charge in [-0.25, -0.2) is 0 Å². The zero-order valence-electron chi connectivity index (χ0n) is 15.1. The van der Waals surface area contributed by atoms with Crippen molar-refractivity contribution in [1.29, 1.82) is 0 Å². The van der Waals surface area contributed by atoms with Crippen molar-refractivity contribution in [3.05, 3.63) is 35.4 Å². The molecule has 2 N–H and O–H groups in total. The molecule has 24 heavy (non-hydrogen) atoms. The Labute approximate surface area is 146 Å². The third-order valence-corrected chi connectivity index (χ3v) is 5.98. The van der Waals surface area contributed by atoms with E-state index in [0.717, 1.165) is 38.8 Å². The Kier molecular flexibility index (Phi) is 5.94. The number of carbonyl (C=O) groups excluding carboxylic acids is 1. The van der Waals surface area contributed by atoms with Crippen molar-refractivity contribution in [2.75, 3.05) is 13.1 Å². The molecule has 1 aliphatic carbocycles. The van der Waals surface area contributed by atoms with E-state index in [0.29, 0.717) is 6.42 Å². The molecule has 1 amide bonds. The van der Waals surface area contributed by atoms with Crippen LogP contribution in [-0.4, -0.2) is 25.0 Å². The fourth-order valence-corrected chi connectivity index (χ4v) is 4.62. The summed E-state index contributed by atoms with van der Waals surface area (Å²) < 4.78 is 0. The fraction of sp³-hybridized carbons (Fsp3) is 0.667. The van der Waals surface area contributed by atoms with Gasteiger partial charge < -0.3 is 10.6 Å². The molecule has 3 rings (SSSR count). The van der Waals surface area contributed by atoms with Gasteiger partial charge in [0.15, 0.2) is 0 Å². The third-order valence-electron chi connectivity index (χ3n) is 5.98. The predicted octanol–water partition coefficient (Wildman–Crippen LogP) is 3.71. The normalized spacial score (nSPS) is 21.6. The molecule has 1 heterocycles. The highest BCUT2D eigenvalue weighted by molar-refractivity contribution is 5.76. The molecule has 1 unspecified atom stereocenters. The van der Waals surface area contributed by atoms with Crippen LogP contribution in [0.3, 0.4) is 0 Å². The lowest BCUT2D eigenvalue weighted by molar-refractivity contribution is -0.122. The highest BCUT2D eigenvalue weighted by atomic mass is 16.1. The first-order chi connectivity index (χ1) is 11.8. The smallest absolute Gasteiger partial charge is 0.220 e. The van der Waals surface area contributed by atoms with Crippen molar-refractivity contribution in [1.82, 2.24) is 10.6 Å². The minimum absolute atomic E-state index is 0.152. The van der Waals surface area contributed by atoms with Crippen molar-refractivity contribution in [2.45, 2.75) is 76.2 Å². The Balaban J connectivity index is 1.61. The summed E-state index contributed by atoms with van der Waals surface area (Å²) in [5, 5.41) is 6.89. The number of unbranched alkanes of at least 4 members (excludes halogenated alkanes) is 4. The van der Waals surface area contributed by atoms with E-state index in [9.17, 15) is 4.79 Å². The highest BCUT2D eigenvalue weighted by Gasteiger charge is 2.47. The maximum atomic E-state index is 12.5. The van der Waals surface area contributed by atoms with Crippen LogP contribution in [-0.2, 0) is 16.6 Å². The number of benzene rings is 1. The van der Waals surface area contributed by atoms with E-state index in [2.05, 4.69) is 41.8 Å². The second kappa shape index (κ2) is 8.15. The van der Waals surface area contributed by atoms with Gasteiger partial charge in [0.2, 0.25) is 5.91 Å². The lowest BCUT2D eigenvalue weighted by Gasteiger charge is -2.40. The van der Waals surface area contributed by atoms with E-state index in [1.165, 1.54) is 36.8 Å². The van der Waals surface area contributed by atoms with Crippen molar-refractivity contribution >= 4 is 5.91 Å². The summed E-state index contributed by atoms with van der Waals surface area (Å²) >= 11 is 0. The Bertz CT molecular complexity index is 549. The second-order valence-corrected chi connectivity index (χ2v) is 7.55. The summed E-state index contributed by atoms with van der Waals surface area (Å²) in [4.78, 5) is 12.5. The lowest BCUT2D eigenvalue weighted by Crippen LogP contribution is -2.53. The maximum Gasteiger partial charge on any atom is 0.220 e. The lowest BCUT2D eigenvalue weighted by atomic mass is 9.71. The first kappa shape index (κ1) is 17.5. The number of hydrogen-bond donors (Lipinski definition) is 2. The third kappa shape index (κ3) is 3.66. The van der Waals surface area contributed by atoms with Crippen molar-refractivity contribution in [3.8, 4) is 0 Å². The molecule has 1 aliphatic heterocycles. The van der Waals surface area contributed by atoms with Gasteiger partial charge in [-0.3, -0.25) is 4.79 Å².